The maximum absolute atomic E-state index is 13.1. The van der Waals surface area contributed by atoms with Crippen molar-refractivity contribution in [3.8, 4) is 0 Å². The molecule has 2 aromatic carbocycles. The molecule has 1 aromatic heterocycles. The Morgan fingerprint density at radius 1 is 1.00 bits per heavy atom. The van der Waals surface area contributed by atoms with Crippen LogP contribution in [0.3, 0.4) is 0 Å². The van der Waals surface area contributed by atoms with Gasteiger partial charge in [0.1, 0.15) is 4.90 Å². The van der Waals surface area contributed by atoms with Gasteiger partial charge in [0.25, 0.3) is 16.4 Å². The Hall–Kier alpha value is -1.92. The number of aromatic nitrogens is 1. The molecular weight excluding hydrogens is 332 g/mol. The minimum atomic E-state index is -4.06. The number of hydrogen-bond acceptors (Lipinski definition) is 2. The first-order chi connectivity index (χ1) is 10.4. The Bertz CT molecular complexity index is 951. The number of fused-ring (bicyclic) bond motifs is 1. The third-order valence-corrected chi connectivity index (χ3v) is 5.49. The van der Waals surface area contributed by atoms with E-state index in [0.29, 0.717) is 0 Å². The third-order valence-electron chi connectivity index (χ3n) is 3.32. The smallest absolute Gasteiger partial charge is 0.241 e. The van der Waals surface area contributed by atoms with Crippen LogP contribution in [0.25, 0.3) is 10.9 Å². The average molecular weight is 342 g/mol. The Balaban J connectivity index is 2.33. The van der Waals surface area contributed by atoms with Gasteiger partial charge in [0.2, 0.25) is 0 Å². The van der Waals surface area contributed by atoms with Gasteiger partial charge in [-0.2, -0.15) is 0 Å². The van der Waals surface area contributed by atoms with Crippen LogP contribution in [0.5, 0.6) is 0 Å². The van der Waals surface area contributed by atoms with E-state index >= 15 is 0 Å². The van der Waals surface area contributed by atoms with Crippen molar-refractivity contribution in [1.29, 1.82) is 0 Å². The lowest BCUT2D eigenvalue weighted by Crippen LogP contribution is -2.12. The van der Waals surface area contributed by atoms with E-state index in [9.17, 15) is 17.2 Å². The molecule has 0 saturated heterocycles. The fraction of sp³-hybridized carbons (Fsp3) is 0.0667. The average Bonchev–Trinajstić information content (AvgIpc) is 2.88. The minimum absolute atomic E-state index is 0.0406. The summed E-state index contributed by atoms with van der Waals surface area (Å²) in [5.41, 5.74) is -0.135. The van der Waals surface area contributed by atoms with E-state index in [2.05, 4.69) is 0 Å². The van der Waals surface area contributed by atoms with Gasteiger partial charge in [-0.15, -0.1) is 0 Å². The Labute approximate surface area is 130 Å². The van der Waals surface area contributed by atoms with E-state index in [1.54, 1.807) is 18.2 Å². The van der Waals surface area contributed by atoms with Crippen molar-refractivity contribution in [2.75, 3.05) is 0 Å². The van der Waals surface area contributed by atoms with Gasteiger partial charge < -0.3 is 0 Å². The van der Waals surface area contributed by atoms with Gasteiger partial charge in [-0.25, -0.2) is 21.2 Å². The minimum Gasteiger partial charge on any atom is -0.241 e. The maximum atomic E-state index is 13.1. The van der Waals surface area contributed by atoms with Gasteiger partial charge in [0.05, 0.1) is 10.5 Å². The summed E-state index contributed by atoms with van der Waals surface area (Å²) in [5.74, 6) is 0. The second-order valence-corrected chi connectivity index (χ2v) is 6.82. The van der Waals surface area contributed by atoms with Crippen LogP contribution in [0.15, 0.2) is 59.6 Å². The number of halogens is 3. The predicted octanol–water partition coefficient (Wildman–Crippen LogP) is 4.47. The number of alkyl halides is 2. The zero-order chi connectivity index (χ0) is 15.9. The van der Waals surface area contributed by atoms with Crippen molar-refractivity contribution < 1.29 is 17.2 Å². The monoisotopic (exact) mass is 341 g/mol. The summed E-state index contributed by atoms with van der Waals surface area (Å²) >= 11 is 5.94. The Morgan fingerprint density at radius 2 is 1.64 bits per heavy atom. The van der Waals surface area contributed by atoms with E-state index in [-0.39, 0.29) is 26.4 Å². The first kappa shape index (κ1) is 15.0. The lowest BCUT2D eigenvalue weighted by molar-refractivity contribution is 0.153. The van der Waals surface area contributed by atoms with E-state index in [4.69, 9.17) is 11.6 Å². The molecule has 7 heteroatoms. The highest BCUT2D eigenvalue weighted by molar-refractivity contribution is 7.90. The fourth-order valence-corrected chi connectivity index (χ4v) is 4.18. The van der Waals surface area contributed by atoms with Gasteiger partial charge in [0.15, 0.2) is 0 Å². The van der Waals surface area contributed by atoms with Crippen LogP contribution in [0.4, 0.5) is 8.78 Å². The predicted molar refractivity (Wildman–Crippen MR) is 80.9 cm³/mol. The van der Waals surface area contributed by atoms with Crippen molar-refractivity contribution in [2.24, 2.45) is 0 Å². The molecule has 0 N–H and O–H groups in total. The highest BCUT2D eigenvalue weighted by atomic mass is 35.5. The molecule has 0 bridgehead atoms. The lowest BCUT2D eigenvalue weighted by atomic mass is 10.2. The lowest BCUT2D eigenvalue weighted by Gasteiger charge is -2.08. The van der Waals surface area contributed by atoms with Gasteiger partial charge in [0, 0.05) is 17.1 Å². The van der Waals surface area contributed by atoms with Crippen LogP contribution in [-0.4, -0.2) is 12.4 Å². The molecule has 0 spiro atoms. The molecule has 0 aliphatic rings. The number of para-hydroxylation sites is 1. The summed E-state index contributed by atoms with van der Waals surface area (Å²) in [5, 5.41) is 0.243. The number of hydrogen-bond donors (Lipinski definition) is 0. The molecule has 0 unspecified atom stereocenters. The Kier molecular flexibility index (Phi) is 3.66. The first-order valence-electron chi connectivity index (χ1n) is 6.31. The first-order valence-corrected chi connectivity index (χ1v) is 8.13. The summed E-state index contributed by atoms with van der Waals surface area (Å²) < 4.78 is 52.6. The van der Waals surface area contributed by atoms with Crippen molar-refractivity contribution in [3.63, 3.8) is 0 Å². The Morgan fingerprint density at radius 3 is 2.32 bits per heavy atom. The molecule has 0 saturated carbocycles. The molecule has 3 aromatic rings. The summed E-state index contributed by atoms with van der Waals surface area (Å²) in [4.78, 5) is -0.127. The van der Waals surface area contributed by atoms with E-state index in [1.807, 2.05) is 0 Å². The molecule has 0 aliphatic heterocycles. The number of benzene rings is 2. The molecule has 3 rings (SSSR count). The van der Waals surface area contributed by atoms with E-state index in [0.717, 1.165) is 10.2 Å². The molecule has 3 nitrogen and oxygen atoms in total. The summed E-state index contributed by atoms with van der Waals surface area (Å²) in [6.07, 6.45) is -1.82. The summed E-state index contributed by atoms with van der Waals surface area (Å²) in [6.45, 7) is 0. The second kappa shape index (κ2) is 5.37. The third kappa shape index (κ3) is 2.28. The van der Waals surface area contributed by atoms with Gasteiger partial charge >= 0.3 is 0 Å². The normalized spacial score (nSPS) is 12.2. The van der Waals surface area contributed by atoms with Crippen LogP contribution >= 0.6 is 11.6 Å². The van der Waals surface area contributed by atoms with E-state index in [1.165, 1.54) is 30.3 Å². The van der Waals surface area contributed by atoms with Crippen LogP contribution in [0.1, 0.15) is 12.0 Å². The largest absolute Gasteiger partial charge is 0.269 e. The summed E-state index contributed by atoms with van der Waals surface area (Å²) in [7, 11) is -4.06. The van der Waals surface area contributed by atoms with Gasteiger partial charge in [-0.05, 0) is 18.2 Å². The maximum Gasteiger partial charge on any atom is 0.269 e. The van der Waals surface area contributed by atoms with Gasteiger partial charge in [-0.1, -0.05) is 41.9 Å². The quantitative estimate of drug-likeness (QED) is 0.705. The van der Waals surface area contributed by atoms with Crippen molar-refractivity contribution in [1.82, 2.24) is 3.97 Å². The summed E-state index contributed by atoms with van der Waals surface area (Å²) in [6, 6.07) is 12.0. The molecule has 0 fully saturated rings. The van der Waals surface area contributed by atoms with Gasteiger partial charge in [-0.3, -0.25) is 0 Å². The standard InChI is InChI=1S/C15H10ClF2NO2S/c16-12-6-2-4-8-14(12)22(20,21)19-9-11(15(17)18)10-5-1-3-7-13(10)19/h1-9,15H. The molecular formula is C15H10ClF2NO2S. The van der Waals surface area contributed by atoms with Crippen molar-refractivity contribution in [2.45, 2.75) is 11.3 Å². The molecule has 0 radical (unpaired) electrons. The number of rotatable bonds is 3. The highest BCUT2D eigenvalue weighted by Gasteiger charge is 2.25. The zero-order valence-electron chi connectivity index (χ0n) is 11.1. The van der Waals surface area contributed by atoms with Crippen LogP contribution in [0.2, 0.25) is 5.02 Å². The SMILES string of the molecule is O=S(=O)(c1ccccc1Cl)n1cc(C(F)F)c2ccccc21. The topological polar surface area (TPSA) is 39.1 Å². The van der Waals surface area contributed by atoms with Crippen LogP contribution < -0.4 is 0 Å². The zero-order valence-corrected chi connectivity index (χ0v) is 12.7. The molecule has 114 valence electrons. The molecule has 22 heavy (non-hydrogen) atoms. The molecule has 0 aliphatic carbocycles. The number of nitrogens with zero attached hydrogens (tertiary/aromatic N) is 1. The second-order valence-electron chi connectivity index (χ2n) is 4.63. The van der Waals surface area contributed by atoms with Crippen LogP contribution in [0, 0.1) is 0 Å². The molecule has 0 amide bonds. The van der Waals surface area contributed by atoms with Crippen molar-refractivity contribution in [3.05, 3.63) is 65.3 Å². The fourth-order valence-electron chi connectivity index (χ4n) is 2.31. The van der Waals surface area contributed by atoms with Crippen molar-refractivity contribution >= 4 is 32.5 Å². The van der Waals surface area contributed by atoms with Crippen LogP contribution in [-0.2, 0) is 10.0 Å². The highest BCUT2D eigenvalue weighted by Crippen LogP contribution is 2.33. The van der Waals surface area contributed by atoms with E-state index < -0.39 is 16.4 Å². The molecule has 0 atom stereocenters. The molecule has 1 heterocycles.